The fourth-order valence-corrected chi connectivity index (χ4v) is 0.231. The van der Waals surface area contributed by atoms with Gasteiger partial charge in [0.05, 0.1) is 26.4 Å². The molecule has 0 saturated heterocycles. The number of carboxylic acids is 1. The van der Waals surface area contributed by atoms with Gasteiger partial charge in [-0.1, -0.05) is 0 Å². The number of aliphatic hydroxyl groups is 2. The second-order valence-electron chi connectivity index (χ2n) is 1.58. The normalized spacial score (nSPS) is 8.27. The predicted molar refractivity (Wildman–Crippen MR) is 38.3 cm³/mol. The van der Waals surface area contributed by atoms with Crippen molar-refractivity contribution in [3.05, 3.63) is 0 Å². The third kappa shape index (κ3) is 45.0. The van der Waals surface area contributed by atoms with E-state index in [1.165, 1.54) is 0 Å². The smallest absolute Gasteiger partial charge is 0.300 e. The highest BCUT2D eigenvalue weighted by molar-refractivity contribution is 5.62. The topological polar surface area (TPSA) is 87.0 Å². The lowest BCUT2D eigenvalue weighted by atomic mass is 10.7. The van der Waals surface area contributed by atoms with E-state index in [0.29, 0.717) is 13.2 Å². The summed E-state index contributed by atoms with van der Waals surface area (Å²) in [4.78, 5) is 9.00. The van der Waals surface area contributed by atoms with E-state index in [-0.39, 0.29) is 13.2 Å². The Balaban J connectivity index is 0. The zero-order chi connectivity index (χ0) is 9.11. The molecule has 0 aliphatic heterocycles. The average Bonchev–Trinajstić information content (AvgIpc) is 1.88. The maximum atomic E-state index is 9.00. The number of aliphatic hydroxyl groups excluding tert-OH is 2. The number of hydrogen-bond acceptors (Lipinski definition) is 4. The summed E-state index contributed by atoms with van der Waals surface area (Å²) in [6, 6.07) is 0. The Kier molecular flexibility index (Phi) is 14.2. The second-order valence-corrected chi connectivity index (χ2v) is 1.58. The van der Waals surface area contributed by atoms with Crippen LogP contribution in [0.3, 0.4) is 0 Å². The predicted octanol–water partition coefficient (Wildman–Crippen LogP) is -0.922. The Bertz CT molecular complexity index is 75.0. The summed E-state index contributed by atoms with van der Waals surface area (Å²) in [7, 11) is 0. The third-order valence-corrected chi connectivity index (χ3v) is 0.471. The number of carboxylic acid groups (broad SMARTS) is 1. The van der Waals surface area contributed by atoms with Crippen LogP contribution in [-0.4, -0.2) is 47.7 Å². The van der Waals surface area contributed by atoms with Gasteiger partial charge in [0.25, 0.3) is 5.97 Å². The molecular formula is C6H14O5. The second kappa shape index (κ2) is 12.1. The number of carbonyl (C=O) groups is 1. The average molecular weight is 166 g/mol. The van der Waals surface area contributed by atoms with Gasteiger partial charge in [0.1, 0.15) is 0 Å². The molecule has 0 unspecified atom stereocenters. The first-order valence-corrected chi connectivity index (χ1v) is 3.14. The number of rotatable bonds is 4. The SMILES string of the molecule is CC(=O)O.OCCOCCO. The molecule has 0 aromatic heterocycles. The zero-order valence-electron chi connectivity index (χ0n) is 6.49. The minimum atomic E-state index is -0.833. The minimum Gasteiger partial charge on any atom is -0.481 e. The van der Waals surface area contributed by atoms with Crippen LogP contribution in [0, 0.1) is 0 Å². The fourth-order valence-electron chi connectivity index (χ4n) is 0.231. The van der Waals surface area contributed by atoms with E-state index in [4.69, 9.17) is 20.1 Å². The van der Waals surface area contributed by atoms with Crippen LogP contribution in [0.5, 0.6) is 0 Å². The summed E-state index contributed by atoms with van der Waals surface area (Å²) in [6.07, 6.45) is 0. The summed E-state index contributed by atoms with van der Waals surface area (Å²) in [5.74, 6) is -0.833. The quantitative estimate of drug-likeness (QED) is 0.470. The van der Waals surface area contributed by atoms with Gasteiger partial charge in [-0.25, -0.2) is 0 Å². The summed E-state index contributed by atoms with van der Waals surface area (Å²) in [5.41, 5.74) is 0. The fraction of sp³-hybridized carbons (Fsp3) is 0.833. The molecule has 0 atom stereocenters. The molecule has 0 bridgehead atoms. The highest BCUT2D eigenvalue weighted by Crippen LogP contribution is 1.68. The van der Waals surface area contributed by atoms with Crippen molar-refractivity contribution in [2.45, 2.75) is 6.92 Å². The van der Waals surface area contributed by atoms with Crippen LogP contribution < -0.4 is 0 Å². The molecule has 0 fully saturated rings. The third-order valence-electron chi connectivity index (χ3n) is 0.471. The van der Waals surface area contributed by atoms with E-state index in [2.05, 4.69) is 4.74 Å². The Morgan fingerprint density at radius 2 is 1.55 bits per heavy atom. The molecule has 5 nitrogen and oxygen atoms in total. The van der Waals surface area contributed by atoms with Gasteiger partial charge in [-0.05, 0) is 0 Å². The van der Waals surface area contributed by atoms with Gasteiger partial charge in [-0.3, -0.25) is 4.79 Å². The maximum Gasteiger partial charge on any atom is 0.300 e. The first-order valence-electron chi connectivity index (χ1n) is 3.14. The van der Waals surface area contributed by atoms with E-state index < -0.39 is 5.97 Å². The molecule has 0 radical (unpaired) electrons. The van der Waals surface area contributed by atoms with Crippen molar-refractivity contribution < 1.29 is 24.9 Å². The van der Waals surface area contributed by atoms with Crippen molar-refractivity contribution in [3.63, 3.8) is 0 Å². The van der Waals surface area contributed by atoms with Crippen LogP contribution in [0.2, 0.25) is 0 Å². The first kappa shape index (κ1) is 13.0. The van der Waals surface area contributed by atoms with Gasteiger partial charge >= 0.3 is 0 Å². The van der Waals surface area contributed by atoms with E-state index in [9.17, 15) is 0 Å². The lowest BCUT2D eigenvalue weighted by Crippen LogP contribution is -2.03. The van der Waals surface area contributed by atoms with Crippen LogP contribution in [0.15, 0.2) is 0 Å². The summed E-state index contributed by atoms with van der Waals surface area (Å²) in [6.45, 7) is 1.78. The molecule has 11 heavy (non-hydrogen) atoms. The summed E-state index contributed by atoms with van der Waals surface area (Å²) < 4.78 is 4.63. The van der Waals surface area contributed by atoms with Crippen LogP contribution in [0.4, 0.5) is 0 Å². The molecule has 0 spiro atoms. The molecule has 0 amide bonds. The van der Waals surface area contributed by atoms with Crippen LogP contribution in [-0.2, 0) is 9.53 Å². The Morgan fingerprint density at radius 1 is 1.27 bits per heavy atom. The molecule has 0 aliphatic rings. The molecule has 0 heterocycles. The molecular weight excluding hydrogens is 152 g/mol. The minimum absolute atomic E-state index is 0.0278. The number of hydrogen-bond donors (Lipinski definition) is 3. The molecule has 5 heteroatoms. The van der Waals surface area contributed by atoms with Crippen molar-refractivity contribution in [2.24, 2.45) is 0 Å². The van der Waals surface area contributed by atoms with Crippen molar-refractivity contribution in [1.82, 2.24) is 0 Å². The Labute approximate surface area is 65.2 Å². The van der Waals surface area contributed by atoms with Crippen molar-refractivity contribution in [1.29, 1.82) is 0 Å². The van der Waals surface area contributed by atoms with E-state index >= 15 is 0 Å². The Hall–Kier alpha value is -0.650. The van der Waals surface area contributed by atoms with Gasteiger partial charge < -0.3 is 20.1 Å². The van der Waals surface area contributed by atoms with Crippen LogP contribution in [0.1, 0.15) is 6.92 Å². The van der Waals surface area contributed by atoms with Gasteiger partial charge in [-0.15, -0.1) is 0 Å². The van der Waals surface area contributed by atoms with Crippen LogP contribution in [0.25, 0.3) is 0 Å². The van der Waals surface area contributed by atoms with Crippen LogP contribution >= 0.6 is 0 Å². The van der Waals surface area contributed by atoms with Gasteiger partial charge in [0.15, 0.2) is 0 Å². The molecule has 68 valence electrons. The maximum absolute atomic E-state index is 9.00. The van der Waals surface area contributed by atoms with Crippen molar-refractivity contribution >= 4 is 5.97 Å². The molecule has 3 N–H and O–H groups in total. The monoisotopic (exact) mass is 166 g/mol. The lowest BCUT2D eigenvalue weighted by Gasteiger charge is -1.94. The summed E-state index contributed by atoms with van der Waals surface area (Å²) in [5, 5.41) is 23.6. The highest BCUT2D eigenvalue weighted by Gasteiger charge is 1.79. The molecule has 0 aromatic carbocycles. The number of ether oxygens (including phenoxy) is 1. The van der Waals surface area contributed by atoms with E-state index in [1.54, 1.807) is 0 Å². The largest absolute Gasteiger partial charge is 0.481 e. The first-order chi connectivity index (χ1) is 5.15. The molecule has 0 saturated carbocycles. The number of aliphatic carboxylic acids is 1. The summed E-state index contributed by atoms with van der Waals surface area (Å²) >= 11 is 0. The molecule has 0 rings (SSSR count). The van der Waals surface area contributed by atoms with Gasteiger partial charge in [0, 0.05) is 6.92 Å². The zero-order valence-corrected chi connectivity index (χ0v) is 6.49. The molecule has 0 aromatic rings. The van der Waals surface area contributed by atoms with Crippen molar-refractivity contribution in [2.75, 3.05) is 26.4 Å². The van der Waals surface area contributed by atoms with Crippen molar-refractivity contribution in [3.8, 4) is 0 Å². The van der Waals surface area contributed by atoms with Gasteiger partial charge in [-0.2, -0.15) is 0 Å². The standard InChI is InChI=1S/C4H10O3.C2H4O2/c5-1-3-7-4-2-6;1-2(3)4/h5-6H,1-4H2;1H3,(H,3,4). The highest BCUT2D eigenvalue weighted by atomic mass is 16.5. The lowest BCUT2D eigenvalue weighted by molar-refractivity contribution is -0.134. The van der Waals surface area contributed by atoms with Gasteiger partial charge in [0.2, 0.25) is 0 Å². The van der Waals surface area contributed by atoms with E-state index in [1.807, 2.05) is 0 Å². The van der Waals surface area contributed by atoms with E-state index in [0.717, 1.165) is 6.92 Å². The Morgan fingerprint density at radius 3 is 1.73 bits per heavy atom. The molecule has 0 aliphatic carbocycles.